The number of amides is 1. The number of nitrogens with zero attached hydrogens (tertiary/aromatic N) is 2. The molecule has 0 aliphatic heterocycles. The van der Waals surface area contributed by atoms with Crippen molar-refractivity contribution in [1.82, 2.24) is 9.97 Å². The third-order valence-electron chi connectivity index (χ3n) is 3.65. The summed E-state index contributed by atoms with van der Waals surface area (Å²) in [4.78, 5) is 20.7. The smallest absolute Gasteiger partial charge is 0.258 e. The number of methoxy groups -OCH3 is 2. The van der Waals surface area contributed by atoms with Gasteiger partial charge in [0.2, 0.25) is 5.95 Å². The molecule has 0 fully saturated rings. The fourth-order valence-electron chi connectivity index (χ4n) is 2.31. The topological polar surface area (TPSA) is 85.4 Å². The van der Waals surface area contributed by atoms with Crippen molar-refractivity contribution < 1.29 is 14.3 Å². The van der Waals surface area contributed by atoms with Gasteiger partial charge in [0.05, 0.1) is 25.5 Å². The van der Waals surface area contributed by atoms with E-state index in [1.807, 2.05) is 0 Å². The Morgan fingerprint density at radius 2 is 1.81 bits per heavy atom. The number of carbonyl (C=O) groups excluding carboxylic acids is 1. The molecule has 8 heteroatoms. The Labute approximate surface area is 161 Å². The molecule has 0 aliphatic carbocycles. The van der Waals surface area contributed by atoms with Crippen LogP contribution in [0, 0.1) is 0 Å². The summed E-state index contributed by atoms with van der Waals surface area (Å²) in [6.45, 7) is 0. The second-order valence-corrected chi connectivity index (χ2v) is 5.89. The fourth-order valence-corrected chi connectivity index (χ4v) is 2.48. The van der Waals surface area contributed by atoms with Crippen molar-refractivity contribution in [3.8, 4) is 11.5 Å². The van der Waals surface area contributed by atoms with Crippen molar-refractivity contribution in [3.63, 3.8) is 0 Å². The summed E-state index contributed by atoms with van der Waals surface area (Å²) in [7, 11) is 3.12. The van der Waals surface area contributed by atoms with Gasteiger partial charge in [-0.3, -0.25) is 4.79 Å². The maximum atomic E-state index is 12.3. The van der Waals surface area contributed by atoms with E-state index in [2.05, 4.69) is 20.6 Å². The fraction of sp³-hybridized carbons (Fsp3) is 0.105. The molecule has 0 atom stereocenters. The largest absolute Gasteiger partial charge is 0.497 e. The van der Waals surface area contributed by atoms with Crippen LogP contribution in [0.2, 0.25) is 5.02 Å². The van der Waals surface area contributed by atoms with Crippen LogP contribution in [0.5, 0.6) is 11.5 Å². The van der Waals surface area contributed by atoms with Crippen molar-refractivity contribution in [3.05, 3.63) is 65.4 Å². The predicted octanol–water partition coefficient (Wildman–Crippen LogP) is 4.14. The van der Waals surface area contributed by atoms with E-state index in [0.29, 0.717) is 39.4 Å². The van der Waals surface area contributed by atoms with Gasteiger partial charge in [-0.05, 0) is 30.3 Å². The molecule has 2 N–H and O–H groups in total. The minimum atomic E-state index is -0.324. The summed E-state index contributed by atoms with van der Waals surface area (Å²) in [5.41, 5.74) is 1.56. The Hall–Kier alpha value is -3.32. The quantitative estimate of drug-likeness (QED) is 0.664. The van der Waals surface area contributed by atoms with Gasteiger partial charge in [-0.15, -0.1) is 0 Å². The third kappa shape index (κ3) is 4.65. The molecule has 0 aliphatic rings. The highest BCUT2D eigenvalue weighted by Gasteiger charge is 2.10. The maximum absolute atomic E-state index is 12.3. The molecule has 1 aromatic heterocycles. The van der Waals surface area contributed by atoms with E-state index in [9.17, 15) is 4.79 Å². The van der Waals surface area contributed by atoms with E-state index < -0.39 is 0 Å². The Kier molecular flexibility index (Phi) is 5.73. The first-order valence-electron chi connectivity index (χ1n) is 7.97. The zero-order valence-corrected chi connectivity index (χ0v) is 15.4. The molecular formula is C19H17ClN4O3. The van der Waals surface area contributed by atoms with Crippen LogP contribution in [0.3, 0.4) is 0 Å². The normalized spacial score (nSPS) is 10.2. The lowest BCUT2D eigenvalue weighted by molar-refractivity contribution is 0.102. The van der Waals surface area contributed by atoms with Gasteiger partial charge in [-0.1, -0.05) is 17.7 Å². The van der Waals surface area contributed by atoms with Gasteiger partial charge in [0, 0.05) is 29.2 Å². The van der Waals surface area contributed by atoms with Crippen LogP contribution in [0.15, 0.2) is 54.9 Å². The van der Waals surface area contributed by atoms with Gasteiger partial charge in [-0.25, -0.2) is 9.97 Å². The number of hydrogen-bond donors (Lipinski definition) is 2. The number of benzene rings is 2. The van der Waals surface area contributed by atoms with E-state index in [1.54, 1.807) is 56.7 Å². The van der Waals surface area contributed by atoms with Gasteiger partial charge in [0.25, 0.3) is 5.91 Å². The van der Waals surface area contributed by atoms with Crippen LogP contribution < -0.4 is 20.1 Å². The lowest BCUT2D eigenvalue weighted by Gasteiger charge is -2.10. The van der Waals surface area contributed by atoms with Crippen molar-refractivity contribution in [2.75, 3.05) is 24.9 Å². The average Bonchev–Trinajstić information content (AvgIpc) is 2.69. The zero-order chi connectivity index (χ0) is 19.2. The van der Waals surface area contributed by atoms with Gasteiger partial charge in [-0.2, -0.15) is 0 Å². The number of aromatic nitrogens is 2. The summed E-state index contributed by atoms with van der Waals surface area (Å²) in [5, 5.41) is 6.33. The van der Waals surface area contributed by atoms with Gasteiger partial charge in [0.1, 0.15) is 11.5 Å². The van der Waals surface area contributed by atoms with Crippen LogP contribution >= 0.6 is 11.6 Å². The first-order valence-corrected chi connectivity index (χ1v) is 8.35. The van der Waals surface area contributed by atoms with E-state index in [-0.39, 0.29) is 5.91 Å². The molecule has 0 radical (unpaired) electrons. The van der Waals surface area contributed by atoms with Crippen molar-refractivity contribution >= 4 is 34.8 Å². The van der Waals surface area contributed by atoms with Crippen LogP contribution in [0.4, 0.5) is 17.3 Å². The molecule has 1 heterocycles. The highest BCUT2D eigenvalue weighted by atomic mass is 35.5. The van der Waals surface area contributed by atoms with E-state index in [0.717, 1.165) is 0 Å². The lowest BCUT2D eigenvalue weighted by atomic mass is 10.2. The molecule has 0 bridgehead atoms. The predicted molar refractivity (Wildman–Crippen MR) is 104 cm³/mol. The Bertz CT molecular complexity index is 948. The number of carbonyl (C=O) groups is 1. The first-order chi connectivity index (χ1) is 13.1. The highest BCUT2D eigenvalue weighted by molar-refractivity contribution is 6.31. The van der Waals surface area contributed by atoms with Crippen LogP contribution in [0.1, 0.15) is 10.4 Å². The molecular weight excluding hydrogens is 368 g/mol. The molecule has 3 rings (SSSR count). The van der Waals surface area contributed by atoms with Crippen LogP contribution in [-0.2, 0) is 0 Å². The number of halogens is 1. The standard InChI is InChI=1S/C19H17ClN4O3/c1-26-15-5-3-4-14(9-15)23-18(25)12-10-21-19(22-11-12)24-16-8-13(20)6-7-17(16)27-2/h3-11H,1-2H3,(H,23,25)(H,21,22,24). The zero-order valence-electron chi connectivity index (χ0n) is 14.7. The van der Waals surface area contributed by atoms with Gasteiger partial charge >= 0.3 is 0 Å². The SMILES string of the molecule is COc1cccc(NC(=O)c2cnc(Nc3cc(Cl)ccc3OC)nc2)c1. The molecule has 0 saturated heterocycles. The molecule has 27 heavy (non-hydrogen) atoms. The van der Waals surface area contributed by atoms with E-state index in [1.165, 1.54) is 12.4 Å². The molecule has 1 amide bonds. The number of hydrogen-bond acceptors (Lipinski definition) is 6. The molecule has 0 spiro atoms. The summed E-state index contributed by atoms with van der Waals surface area (Å²) < 4.78 is 10.4. The first kappa shape index (κ1) is 18.5. The molecule has 138 valence electrons. The summed E-state index contributed by atoms with van der Waals surface area (Å²) in [5.74, 6) is 1.24. The Morgan fingerprint density at radius 1 is 1.04 bits per heavy atom. The van der Waals surface area contributed by atoms with E-state index >= 15 is 0 Å². The highest BCUT2D eigenvalue weighted by Crippen LogP contribution is 2.29. The third-order valence-corrected chi connectivity index (χ3v) is 3.88. The monoisotopic (exact) mass is 384 g/mol. The average molecular weight is 385 g/mol. The lowest BCUT2D eigenvalue weighted by Crippen LogP contribution is -2.13. The second-order valence-electron chi connectivity index (χ2n) is 5.45. The van der Waals surface area contributed by atoms with Crippen LogP contribution in [-0.4, -0.2) is 30.1 Å². The van der Waals surface area contributed by atoms with Crippen molar-refractivity contribution in [1.29, 1.82) is 0 Å². The molecule has 0 unspecified atom stereocenters. The second kappa shape index (κ2) is 8.37. The van der Waals surface area contributed by atoms with Gasteiger partial charge < -0.3 is 20.1 Å². The molecule has 7 nitrogen and oxygen atoms in total. The summed E-state index contributed by atoms with van der Waals surface area (Å²) in [6.07, 6.45) is 2.86. The molecule has 2 aromatic carbocycles. The van der Waals surface area contributed by atoms with Gasteiger partial charge in [0.15, 0.2) is 0 Å². The van der Waals surface area contributed by atoms with E-state index in [4.69, 9.17) is 21.1 Å². The molecule has 3 aromatic rings. The number of rotatable bonds is 6. The molecule has 0 saturated carbocycles. The number of nitrogens with one attached hydrogen (secondary N) is 2. The summed E-state index contributed by atoms with van der Waals surface area (Å²) in [6, 6.07) is 12.2. The number of anilines is 3. The minimum Gasteiger partial charge on any atom is -0.497 e. The number of ether oxygens (including phenoxy) is 2. The Balaban J connectivity index is 1.71. The minimum absolute atomic E-state index is 0.313. The van der Waals surface area contributed by atoms with Crippen LogP contribution in [0.25, 0.3) is 0 Å². The Morgan fingerprint density at radius 3 is 2.52 bits per heavy atom. The van der Waals surface area contributed by atoms with Crippen molar-refractivity contribution in [2.45, 2.75) is 0 Å². The summed E-state index contributed by atoms with van der Waals surface area (Å²) >= 11 is 6.01. The maximum Gasteiger partial charge on any atom is 0.258 e. The van der Waals surface area contributed by atoms with Crippen molar-refractivity contribution in [2.24, 2.45) is 0 Å².